The number of hydrogen-bond acceptors (Lipinski definition) is 4. The first kappa shape index (κ1) is 15.6. The number of anilines is 1. The number of likely N-dealkylation sites (N-methyl/N-ethyl adjacent to an activating group) is 1. The topological polar surface area (TPSA) is 49.3 Å². The molecule has 0 bridgehead atoms. The summed E-state index contributed by atoms with van der Waals surface area (Å²) in [7, 11) is 1.99. The summed E-state index contributed by atoms with van der Waals surface area (Å²) < 4.78 is 0. The molecule has 5 nitrogen and oxygen atoms in total. The molecule has 120 valence electrons. The van der Waals surface area contributed by atoms with Gasteiger partial charge in [0.05, 0.1) is 12.2 Å². The van der Waals surface area contributed by atoms with E-state index >= 15 is 0 Å². The van der Waals surface area contributed by atoms with E-state index in [2.05, 4.69) is 27.9 Å². The van der Waals surface area contributed by atoms with Gasteiger partial charge in [0.1, 0.15) is 0 Å². The Bertz CT molecular complexity index is 674. The van der Waals surface area contributed by atoms with Crippen LogP contribution in [0.1, 0.15) is 18.2 Å². The molecule has 1 aliphatic rings. The van der Waals surface area contributed by atoms with Crippen LogP contribution in [0.3, 0.4) is 0 Å². The van der Waals surface area contributed by atoms with Crippen molar-refractivity contribution in [3.05, 3.63) is 54.1 Å². The van der Waals surface area contributed by atoms with Gasteiger partial charge in [0.15, 0.2) is 0 Å². The normalized spacial score (nSPS) is 14.8. The highest BCUT2D eigenvalue weighted by Gasteiger charge is 2.25. The van der Waals surface area contributed by atoms with Crippen molar-refractivity contribution in [1.82, 2.24) is 14.9 Å². The SMILES string of the molecule is C[C@H](Cc1cnccn1)N(C)CC(=O)N1CCc2ccccc21. The third kappa shape index (κ3) is 3.56. The third-order valence-electron chi connectivity index (χ3n) is 4.45. The van der Waals surface area contributed by atoms with Crippen LogP contribution in [0.25, 0.3) is 0 Å². The number of rotatable bonds is 5. The lowest BCUT2D eigenvalue weighted by atomic mass is 10.1. The predicted octanol–water partition coefficient (Wildman–Crippen LogP) is 1.93. The van der Waals surface area contributed by atoms with Gasteiger partial charge in [0, 0.05) is 43.3 Å². The molecule has 1 aromatic carbocycles. The van der Waals surface area contributed by atoms with Crippen LogP contribution in [0.2, 0.25) is 0 Å². The predicted molar refractivity (Wildman–Crippen MR) is 90.3 cm³/mol. The van der Waals surface area contributed by atoms with Gasteiger partial charge in [0.2, 0.25) is 5.91 Å². The minimum atomic E-state index is 0.156. The quantitative estimate of drug-likeness (QED) is 0.847. The summed E-state index contributed by atoms with van der Waals surface area (Å²) in [5, 5.41) is 0. The molecule has 0 unspecified atom stereocenters. The number of amides is 1. The number of carbonyl (C=O) groups is 1. The molecule has 0 aliphatic carbocycles. The summed E-state index contributed by atoms with van der Waals surface area (Å²) in [5.74, 6) is 0.156. The lowest BCUT2D eigenvalue weighted by Gasteiger charge is -2.26. The van der Waals surface area contributed by atoms with E-state index in [1.807, 2.05) is 30.1 Å². The van der Waals surface area contributed by atoms with E-state index in [9.17, 15) is 4.79 Å². The molecule has 3 rings (SSSR count). The molecule has 2 aromatic rings. The summed E-state index contributed by atoms with van der Waals surface area (Å²) in [5.41, 5.74) is 3.27. The third-order valence-corrected chi connectivity index (χ3v) is 4.45. The van der Waals surface area contributed by atoms with Crippen LogP contribution in [0.15, 0.2) is 42.9 Å². The van der Waals surface area contributed by atoms with Gasteiger partial charge >= 0.3 is 0 Å². The maximum absolute atomic E-state index is 12.6. The largest absolute Gasteiger partial charge is 0.311 e. The number of aromatic nitrogens is 2. The maximum Gasteiger partial charge on any atom is 0.241 e. The molecule has 1 amide bonds. The van der Waals surface area contributed by atoms with Gasteiger partial charge < -0.3 is 4.90 Å². The van der Waals surface area contributed by atoms with Gasteiger partial charge in [0.25, 0.3) is 0 Å². The Labute approximate surface area is 137 Å². The zero-order valence-corrected chi connectivity index (χ0v) is 13.6. The fourth-order valence-electron chi connectivity index (χ4n) is 2.95. The summed E-state index contributed by atoms with van der Waals surface area (Å²) in [6.45, 7) is 3.31. The second-order valence-corrected chi connectivity index (χ2v) is 6.09. The fraction of sp³-hybridized carbons (Fsp3) is 0.389. The van der Waals surface area contributed by atoms with Gasteiger partial charge in [-0.3, -0.25) is 19.7 Å². The number of para-hydroxylation sites is 1. The van der Waals surface area contributed by atoms with Crippen LogP contribution in [0.4, 0.5) is 5.69 Å². The molecular weight excluding hydrogens is 288 g/mol. The van der Waals surface area contributed by atoms with Crippen molar-refractivity contribution in [2.45, 2.75) is 25.8 Å². The van der Waals surface area contributed by atoms with Crippen molar-refractivity contribution >= 4 is 11.6 Å². The van der Waals surface area contributed by atoms with Crippen molar-refractivity contribution in [3.63, 3.8) is 0 Å². The van der Waals surface area contributed by atoms with Crippen LogP contribution >= 0.6 is 0 Å². The fourth-order valence-corrected chi connectivity index (χ4v) is 2.95. The van der Waals surface area contributed by atoms with Crippen molar-refractivity contribution in [2.75, 3.05) is 25.0 Å². The highest BCUT2D eigenvalue weighted by molar-refractivity contribution is 5.96. The Hall–Kier alpha value is -2.27. The Balaban J connectivity index is 1.59. The monoisotopic (exact) mass is 310 g/mol. The second kappa shape index (κ2) is 6.87. The molecule has 1 aliphatic heterocycles. The number of benzene rings is 1. The molecule has 0 radical (unpaired) electrons. The van der Waals surface area contributed by atoms with Gasteiger partial charge in [-0.25, -0.2) is 0 Å². The van der Waals surface area contributed by atoms with E-state index in [1.165, 1.54) is 5.56 Å². The highest BCUT2D eigenvalue weighted by atomic mass is 16.2. The minimum Gasteiger partial charge on any atom is -0.311 e. The Morgan fingerprint density at radius 3 is 2.96 bits per heavy atom. The van der Waals surface area contributed by atoms with E-state index in [0.29, 0.717) is 6.54 Å². The molecule has 0 spiro atoms. The first-order valence-electron chi connectivity index (χ1n) is 7.98. The van der Waals surface area contributed by atoms with Crippen LogP contribution in [0.5, 0.6) is 0 Å². The van der Waals surface area contributed by atoms with E-state index in [-0.39, 0.29) is 11.9 Å². The minimum absolute atomic E-state index is 0.156. The summed E-state index contributed by atoms with van der Waals surface area (Å²) in [4.78, 5) is 25.0. The molecule has 0 saturated carbocycles. The first-order chi connectivity index (χ1) is 11.1. The zero-order valence-electron chi connectivity index (χ0n) is 13.6. The standard InChI is InChI=1S/C18H22N4O/c1-14(11-16-12-19-8-9-20-16)21(2)13-18(23)22-10-7-15-5-3-4-6-17(15)22/h3-6,8-9,12,14H,7,10-11,13H2,1-2H3/t14-/m1/s1. The van der Waals surface area contributed by atoms with Crippen LogP contribution in [-0.2, 0) is 17.6 Å². The zero-order chi connectivity index (χ0) is 16.2. The van der Waals surface area contributed by atoms with Crippen LogP contribution < -0.4 is 4.90 Å². The molecule has 23 heavy (non-hydrogen) atoms. The summed E-state index contributed by atoms with van der Waals surface area (Å²) in [6.07, 6.45) is 6.89. The van der Waals surface area contributed by atoms with Gasteiger partial charge in [-0.05, 0) is 32.0 Å². The second-order valence-electron chi connectivity index (χ2n) is 6.09. The Kier molecular flexibility index (Phi) is 4.67. The van der Waals surface area contributed by atoms with E-state index < -0.39 is 0 Å². The van der Waals surface area contributed by atoms with Gasteiger partial charge in [-0.2, -0.15) is 0 Å². The average molecular weight is 310 g/mol. The molecule has 5 heteroatoms. The highest BCUT2D eigenvalue weighted by Crippen LogP contribution is 2.27. The van der Waals surface area contributed by atoms with E-state index in [4.69, 9.17) is 0 Å². The van der Waals surface area contributed by atoms with E-state index in [0.717, 1.165) is 30.8 Å². The first-order valence-corrected chi connectivity index (χ1v) is 7.98. The molecule has 1 atom stereocenters. The average Bonchev–Trinajstić information content (AvgIpc) is 2.99. The number of hydrogen-bond donors (Lipinski definition) is 0. The molecule has 0 N–H and O–H groups in total. The molecule has 0 fully saturated rings. The molecule has 1 aromatic heterocycles. The summed E-state index contributed by atoms with van der Waals surface area (Å²) >= 11 is 0. The Morgan fingerprint density at radius 2 is 2.17 bits per heavy atom. The van der Waals surface area contributed by atoms with Gasteiger partial charge in [-0.15, -0.1) is 0 Å². The smallest absolute Gasteiger partial charge is 0.241 e. The molecule has 0 saturated heterocycles. The lowest BCUT2D eigenvalue weighted by Crippen LogP contribution is -2.42. The Morgan fingerprint density at radius 1 is 1.35 bits per heavy atom. The van der Waals surface area contributed by atoms with Crippen LogP contribution in [-0.4, -0.2) is 47.0 Å². The number of carbonyl (C=O) groups excluding carboxylic acids is 1. The van der Waals surface area contributed by atoms with Crippen molar-refractivity contribution in [1.29, 1.82) is 0 Å². The lowest BCUT2D eigenvalue weighted by molar-refractivity contribution is -0.119. The molecular formula is C18H22N4O. The van der Waals surface area contributed by atoms with Crippen LogP contribution in [0, 0.1) is 0 Å². The van der Waals surface area contributed by atoms with Gasteiger partial charge in [-0.1, -0.05) is 18.2 Å². The number of fused-ring (bicyclic) bond motifs is 1. The number of nitrogens with zero attached hydrogens (tertiary/aromatic N) is 4. The maximum atomic E-state index is 12.6. The summed E-state index contributed by atoms with van der Waals surface area (Å²) in [6, 6.07) is 8.38. The van der Waals surface area contributed by atoms with Crippen molar-refractivity contribution in [2.24, 2.45) is 0 Å². The van der Waals surface area contributed by atoms with Crippen molar-refractivity contribution in [3.8, 4) is 0 Å². The van der Waals surface area contributed by atoms with Crippen molar-refractivity contribution < 1.29 is 4.79 Å². The molecule has 2 heterocycles. The van der Waals surface area contributed by atoms with E-state index in [1.54, 1.807) is 18.6 Å².